The van der Waals surface area contributed by atoms with Gasteiger partial charge in [-0.15, -0.1) is 0 Å². The van der Waals surface area contributed by atoms with Crippen molar-refractivity contribution in [1.29, 1.82) is 0 Å². The van der Waals surface area contributed by atoms with Gasteiger partial charge in [0, 0.05) is 13.1 Å². The largest absolute Gasteiger partial charge is 0.454 e. The molecule has 0 bridgehead atoms. The van der Waals surface area contributed by atoms with Gasteiger partial charge in [-0.1, -0.05) is 23.5 Å². The van der Waals surface area contributed by atoms with E-state index in [0.29, 0.717) is 12.3 Å². The Morgan fingerprint density at radius 3 is 2.69 bits per heavy atom. The lowest BCUT2D eigenvalue weighted by Gasteiger charge is -2.22. The van der Waals surface area contributed by atoms with E-state index >= 15 is 0 Å². The highest BCUT2D eigenvalue weighted by molar-refractivity contribution is 7.22. The van der Waals surface area contributed by atoms with Crippen LogP contribution in [-0.2, 0) is 11.2 Å². The zero-order chi connectivity index (χ0) is 20.5. The average molecular weight is 412 g/mol. The minimum atomic E-state index is 0.0270. The summed E-state index contributed by atoms with van der Waals surface area (Å²) >= 11 is 1.58. The molecule has 0 spiro atoms. The normalized spacial score (nSPS) is 12.7. The van der Waals surface area contributed by atoms with Gasteiger partial charge in [-0.3, -0.25) is 9.69 Å². The minimum Gasteiger partial charge on any atom is -0.454 e. The molecule has 3 aromatic rings. The van der Waals surface area contributed by atoms with E-state index < -0.39 is 0 Å². The second kappa shape index (κ2) is 8.00. The van der Waals surface area contributed by atoms with Crippen LogP contribution >= 0.6 is 11.3 Å². The van der Waals surface area contributed by atoms with Crippen molar-refractivity contribution in [3.8, 4) is 11.5 Å². The highest BCUT2D eigenvalue weighted by Gasteiger charge is 2.22. The SMILES string of the molecule is Cc1cc(C)c2nc(N(CCN(C)C)C(=O)Cc3ccc4c(c3)OCO4)sc2c1. The predicted octanol–water partition coefficient (Wildman–Crippen LogP) is 3.78. The van der Waals surface area contributed by atoms with Gasteiger partial charge in [0.1, 0.15) is 0 Å². The predicted molar refractivity (Wildman–Crippen MR) is 116 cm³/mol. The summed E-state index contributed by atoms with van der Waals surface area (Å²) in [6.07, 6.45) is 0.290. The molecule has 152 valence electrons. The molecule has 1 amide bonds. The fraction of sp³-hybridized carbons (Fsp3) is 0.364. The molecule has 29 heavy (non-hydrogen) atoms. The second-order valence-corrected chi connectivity index (χ2v) is 8.65. The number of hydrogen-bond acceptors (Lipinski definition) is 6. The third-order valence-corrected chi connectivity index (χ3v) is 5.94. The summed E-state index contributed by atoms with van der Waals surface area (Å²) in [6, 6.07) is 9.93. The van der Waals surface area contributed by atoms with Gasteiger partial charge in [-0.2, -0.15) is 0 Å². The Kier molecular flexibility index (Phi) is 5.43. The first-order chi connectivity index (χ1) is 13.9. The van der Waals surface area contributed by atoms with Crippen molar-refractivity contribution in [2.24, 2.45) is 0 Å². The van der Waals surface area contributed by atoms with Crippen LogP contribution in [0.25, 0.3) is 10.2 Å². The first-order valence-electron chi connectivity index (χ1n) is 9.62. The average Bonchev–Trinajstić information content (AvgIpc) is 3.28. The summed E-state index contributed by atoms with van der Waals surface area (Å²) in [5, 5.41) is 0.751. The Morgan fingerprint density at radius 2 is 1.90 bits per heavy atom. The summed E-state index contributed by atoms with van der Waals surface area (Å²) < 4.78 is 11.9. The van der Waals surface area contributed by atoms with Crippen LogP contribution in [0.15, 0.2) is 30.3 Å². The number of anilines is 1. The molecule has 0 fully saturated rings. The van der Waals surface area contributed by atoms with Gasteiger partial charge >= 0.3 is 0 Å². The molecule has 0 atom stereocenters. The minimum absolute atomic E-state index is 0.0270. The molecule has 0 N–H and O–H groups in total. The van der Waals surface area contributed by atoms with Gasteiger partial charge < -0.3 is 14.4 Å². The number of fused-ring (bicyclic) bond motifs is 2. The highest BCUT2D eigenvalue weighted by Crippen LogP contribution is 2.34. The maximum Gasteiger partial charge on any atom is 0.233 e. The standard InChI is InChI=1S/C22H25N3O3S/c1-14-9-15(2)21-19(10-14)29-22(23-21)25(8-7-24(3)4)20(26)12-16-5-6-17-18(11-16)28-13-27-17/h5-6,9-11H,7-8,12-13H2,1-4H3. The maximum absolute atomic E-state index is 13.3. The summed E-state index contributed by atoms with van der Waals surface area (Å²) in [7, 11) is 4.01. The van der Waals surface area contributed by atoms with Crippen LogP contribution in [-0.4, -0.2) is 49.8 Å². The molecule has 0 saturated carbocycles. The number of ether oxygens (including phenoxy) is 2. The molecule has 7 heteroatoms. The summed E-state index contributed by atoms with van der Waals surface area (Å²) in [5.74, 6) is 1.45. The Balaban J connectivity index is 1.62. The lowest BCUT2D eigenvalue weighted by Crippen LogP contribution is -2.37. The molecule has 1 aliphatic rings. The second-order valence-electron chi connectivity index (χ2n) is 7.64. The van der Waals surface area contributed by atoms with Crippen molar-refractivity contribution in [3.63, 3.8) is 0 Å². The molecule has 0 aliphatic carbocycles. The Morgan fingerprint density at radius 1 is 1.10 bits per heavy atom. The number of carbonyl (C=O) groups is 1. The number of amides is 1. The lowest BCUT2D eigenvalue weighted by molar-refractivity contribution is -0.118. The van der Waals surface area contributed by atoms with Crippen molar-refractivity contribution in [3.05, 3.63) is 47.0 Å². The number of benzene rings is 2. The third-order valence-electron chi connectivity index (χ3n) is 4.91. The van der Waals surface area contributed by atoms with E-state index in [1.54, 1.807) is 11.3 Å². The van der Waals surface area contributed by atoms with Gasteiger partial charge in [-0.25, -0.2) is 4.98 Å². The molecule has 1 aromatic heterocycles. The van der Waals surface area contributed by atoms with Crippen LogP contribution in [0.1, 0.15) is 16.7 Å². The fourth-order valence-corrected chi connectivity index (χ4v) is 4.61. The van der Waals surface area contributed by atoms with Crippen LogP contribution in [0.3, 0.4) is 0 Å². The number of thiazole rings is 1. The van der Waals surface area contributed by atoms with Gasteiger partial charge in [0.25, 0.3) is 0 Å². The molecule has 1 aliphatic heterocycles. The molecule has 4 rings (SSSR count). The van der Waals surface area contributed by atoms with Gasteiger partial charge in [0.15, 0.2) is 16.6 Å². The molecule has 2 aromatic carbocycles. The van der Waals surface area contributed by atoms with Crippen molar-refractivity contribution in [2.45, 2.75) is 20.3 Å². The Bertz CT molecular complexity index is 1060. The quantitative estimate of drug-likeness (QED) is 0.618. The van der Waals surface area contributed by atoms with E-state index in [-0.39, 0.29) is 19.1 Å². The Hall–Kier alpha value is -2.64. The van der Waals surface area contributed by atoms with Crippen LogP contribution < -0.4 is 14.4 Å². The van der Waals surface area contributed by atoms with Crippen LogP contribution in [0.2, 0.25) is 0 Å². The van der Waals surface area contributed by atoms with Gasteiger partial charge in [0.2, 0.25) is 12.7 Å². The van der Waals surface area contributed by atoms with Crippen molar-refractivity contribution >= 4 is 32.6 Å². The molecule has 0 saturated heterocycles. The number of nitrogens with zero attached hydrogens (tertiary/aromatic N) is 3. The van der Waals surface area contributed by atoms with E-state index in [0.717, 1.165) is 38.8 Å². The van der Waals surface area contributed by atoms with Crippen LogP contribution in [0, 0.1) is 13.8 Å². The summed E-state index contributed by atoms with van der Waals surface area (Å²) in [5.41, 5.74) is 4.22. The van der Waals surface area contributed by atoms with Crippen molar-refractivity contribution in [2.75, 3.05) is 38.9 Å². The number of rotatable bonds is 6. The monoisotopic (exact) mass is 411 g/mol. The van der Waals surface area contributed by atoms with Crippen molar-refractivity contribution in [1.82, 2.24) is 9.88 Å². The number of aromatic nitrogens is 1. The van der Waals surface area contributed by atoms with Crippen LogP contribution in [0.4, 0.5) is 5.13 Å². The molecule has 2 heterocycles. The van der Waals surface area contributed by atoms with Crippen LogP contribution in [0.5, 0.6) is 11.5 Å². The van der Waals surface area contributed by atoms with E-state index in [1.807, 2.05) is 37.2 Å². The molecule has 0 radical (unpaired) electrons. The Labute approximate surface area is 174 Å². The first kappa shape index (κ1) is 19.7. The highest BCUT2D eigenvalue weighted by atomic mass is 32.1. The number of carbonyl (C=O) groups excluding carboxylic acids is 1. The van der Waals surface area contributed by atoms with E-state index in [9.17, 15) is 4.79 Å². The number of hydrogen-bond donors (Lipinski definition) is 0. The van der Waals surface area contributed by atoms with Gasteiger partial charge in [0.05, 0.1) is 16.6 Å². The molecule has 0 unspecified atom stereocenters. The van der Waals surface area contributed by atoms with E-state index in [1.165, 1.54) is 5.56 Å². The molecule has 6 nitrogen and oxygen atoms in total. The number of likely N-dealkylation sites (N-methyl/N-ethyl adjacent to an activating group) is 1. The number of aryl methyl sites for hydroxylation is 2. The summed E-state index contributed by atoms with van der Waals surface area (Å²) in [4.78, 5) is 22.0. The zero-order valence-corrected chi connectivity index (χ0v) is 18.0. The smallest absolute Gasteiger partial charge is 0.233 e. The third kappa shape index (κ3) is 4.21. The first-order valence-corrected chi connectivity index (χ1v) is 10.4. The fourth-order valence-electron chi connectivity index (χ4n) is 3.42. The topological polar surface area (TPSA) is 54.9 Å². The molecular weight excluding hydrogens is 386 g/mol. The summed E-state index contributed by atoms with van der Waals surface area (Å²) in [6.45, 7) is 5.74. The van der Waals surface area contributed by atoms with Gasteiger partial charge in [-0.05, 0) is 62.8 Å². The zero-order valence-electron chi connectivity index (χ0n) is 17.2. The van der Waals surface area contributed by atoms with E-state index in [4.69, 9.17) is 14.5 Å². The maximum atomic E-state index is 13.3. The molecular formula is C22H25N3O3S. The van der Waals surface area contributed by atoms with E-state index in [2.05, 4.69) is 30.9 Å². The lowest BCUT2D eigenvalue weighted by atomic mass is 10.1. The van der Waals surface area contributed by atoms with Crippen molar-refractivity contribution < 1.29 is 14.3 Å².